The molecule has 1 heterocycles. The molecule has 3 atom stereocenters. The van der Waals surface area contributed by atoms with Crippen molar-refractivity contribution in [3.63, 3.8) is 0 Å². The monoisotopic (exact) mass is 253 g/mol. The molecule has 106 valence electrons. The second kappa shape index (κ2) is 5.48. The molecule has 18 heavy (non-hydrogen) atoms. The van der Waals surface area contributed by atoms with E-state index in [0.29, 0.717) is 17.6 Å². The summed E-state index contributed by atoms with van der Waals surface area (Å²) in [7, 11) is 2.26. The summed E-state index contributed by atoms with van der Waals surface area (Å²) < 4.78 is 0. The fourth-order valence-corrected chi connectivity index (χ4v) is 3.84. The molecule has 0 spiro atoms. The predicted molar refractivity (Wildman–Crippen MR) is 77.7 cm³/mol. The van der Waals surface area contributed by atoms with Crippen LogP contribution in [0.5, 0.6) is 0 Å². The topological polar surface area (TPSA) is 32.5 Å². The van der Waals surface area contributed by atoms with Crippen LogP contribution in [0.2, 0.25) is 0 Å². The first-order valence-electron chi connectivity index (χ1n) is 7.72. The quantitative estimate of drug-likeness (QED) is 0.812. The van der Waals surface area contributed by atoms with Crippen LogP contribution in [0.4, 0.5) is 0 Å². The van der Waals surface area contributed by atoms with Crippen molar-refractivity contribution in [3.8, 4) is 0 Å². The minimum atomic E-state index is 0.304. The Labute approximate surface area is 113 Å². The highest BCUT2D eigenvalue weighted by atomic mass is 15.3. The molecule has 1 saturated carbocycles. The largest absolute Gasteiger partial charge is 0.329 e. The second-order valence-electron chi connectivity index (χ2n) is 6.60. The van der Waals surface area contributed by atoms with E-state index < -0.39 is 0 Å². The fourth-order valence-electron chi connectivity index (χ4n) is 3.84. The summed E-state index contributed by atoms with van der Waals surface area (Å²) >= 11 is 0. The average Bonchev–Trinajstić information content (AvgIpc) is 3.17. The van der Waals surface area contributed by atoms with Gasteiger partial charge in [-0.15, -0.1) is 0 Å². The highest BCUT2D eigenvalue weighted by Gasteiger charge is 2.49. The molecule has 0 aromatic rings. The molecule has 3 heteroatoms. The number of rotatable bonds is 5. The van der Waals surface area contributed by atoms with Crippen LogP contribution in [0.3, 0.4) is 0 Å². The van der Waals surface area contributed by atoms with Crippen LogP contribution in [0.15, 0.2) is 0 Å². The van der Waals surface area contributed by atoms with Gasteiger partial charge in [0.1, 0.15) is 0 Å². The molecule has 1 aliphatic carbocycles. The van der Waals surface area contributed by atoms with E-state index in [0.717, 1.165) is 12.5 Å². The SMILES string of the molecule is CCCC(CN)(C1CC1)N1CC(C)N(C)C(C)C1. The van der Waals surface area contributed by atoms with Gasteiger partial charge in [-0.2, -0.15) is 0 Å². The Kier molecular flexibility index (Phi) is 4.35. The second-order valence-corrected chi connectivity index (χ2v) is 6.60. The third-order valence-corrected chi connectivity index (χ3v) is 5.36. The van der Waals surface area contributed by atoms with Gasteiger partial charge >= 0.3 is 0 Å². The summed E-state index contributed by atoms with van der Waals surface area (Å²) in [5.74, 6) is 0.866. The van der Waals surface area contributed by atoms with E-state index in [2.05, 4.69) is 37.6 Å². The van der Waals surface area contributed by atoms with Gasteiger partial charge in [-0.1, -0.05) is 13.3 Å². The molecule has 0 aromatic heterocycles. The lowest BCUT2D eigenvalue weighted by Crippen LogP contribution is -2.65. The van der Waals surface area contributed by atoms with Gasteiger partial charge in [-0.3, -0.25) is 9.80 Å². The molecule has 2 aliphatic rings. The maximum Gasteiger partial charge on any atom is 0.0361 e. The van der Waals surface area contributed by atoms with E-state index in [1.54, 1.807) is 0 Å². The van der Waals surface area contributed by atoms with Crippen LogP contribution in [-0.4, -0.2) is 54.1 Å². The first-order valence-corrected chi connectivity index (χ1v) is 7.72. The zero-order valence-electron chi connectivity index (χ0n) is 12.7. The van der Waals surface area contributed by atoms with Gasteiger partial charge in [0.15, 0.2) is 0 Å². The summed E-state index contributed by atoms with van der Waals surface area (Å²) in [5, 5.41) is 0. The third-order valence-electron chi connectivity index (χ3n) is 5.36. The third kappa shape index (κ3) is 2.45. The van der Waals surface area contributed by atoms with E-state index in [9.17, 15) is 0 Å². The highest BCUT2D eigenvalue weighted by Crippen LogP contribution is 2.46. The maximum absolute atomic E-state index is 6.24. The van der Waals surface area contributed by atoms with Gasteiger partial charge in [-0.25, -0.2) is 0 Å². The summed E-state index contributed by atoms with van der Waals surface area (Å²) in [6.07, 6.45) is 5.32. The van der Waals surface area contributed by atoms with E-state index >= 15 is 0 Å². The minimum absolute atomic E-state index is 0.304. The summed E-state index contributed by atoms with van der Waals surface area (Å²) in [6.45, 7) is 10.2. The van der Waals surface area contributed by atoms with Crippen LogP contribution < -0.4 is 5.73 Å². The number of nitrogens with two attached hydrogens (primary N) is 1. The number of likely N-dealkylation sites (N-methyl/N-ethyl adjacent to an activating group) is 1. The van der Waals surface area contributed by atoms with Gasteiger partial charge in [0.25, 0.3) is 0 Å². The number of piperazine rings is 1. The molecular weight excluding hydrogens is 222 g/mol. The average molecular weight is 253 g/mol. The maximum atomic E-state index is 6.24. The van der Waals surface area contributed by atoms with Gasteiger partial charge in [0.2, 0.25) is 0 Å². The molecule has 2 rings (SSSR count). The highest BCUT2D eigenvalue weighted by molar-refractivity contribution is 5.05. The number of hydrogen-bond acceptors (Lipinski definition) is 3. The van der Waals surface area contributed by atoms with Crippen molar-refractivity contribution in [2.45, 2.75) is 64.1 Å². The lowest BCUT2D eigenvalue weighted by atomic mass is 9.84. The van der Waals surface area contributed by atoms with Crippen LogP contribution in [0.25, 0.3) is 0 Å². The van der Waals surface area contributed by atoms with E-state index in [1.165, 1.54) is 38.8 Å². The van der Waals surface area contributed by atoms with Crippen LogP contribution in [-0.2, 0) is 0 Å². The Morgan fingerprint density at radius 3 is 2.11 bits per heavy atom. The Morgan fingerprint density at radius 1 is 1.17 bits per heavy atom. The first kappa shape index (κ1) is 14.3. The first-order chi connectivity index (χ1) is 8.55. The predicted octanol–water partition coefficient (Wildman–Crippen LogP) is 1.92. The van der Waals surface area contributed by atoms with Crippen molar-refractivity contribution < 1.29 is 0 Å². The molecule has 0 bridgehead atoms. The molecule has 3 unspecified atom stereocenters. The van der Waals surface area contributed by atoms with Crippen molar-refractivity contribution in [2.75, 3.05) is 26.7 Å². The number of nitrogens with zero attached hydrogens (tertiary/aromatic N) is 2. The molecule has 0 radical (unpaired) electrons. The number of hydrogen-bond donors (Lipinski definition) is 1. The summed E-state index contributed by atoms with van der Waals surface area (Å²) in [5.41, 5.74) is 6.54. The molecule has 1 aliphatic heterocycles. The molecule has 2 N–H and O–H groups in total. The van der Waals surface area contributed by atoms with E-state index in [-0.39, 0.29) is 0 Å². The standard InChI is InChI=1S/C15H31N3/c1-5-8-15(11-16,14-6-7-14)18-9-12(2)17(4)13(3)10-18/h12-14H,5-11,16H2,1-4H3. The molecule has 0 aromatic carbocycles. The molecule has 3 nitrogen and oxygen atoms in total. The lowest BCUT2D eigenvalue weighted by molar-refractivity contribution is -0.0244. The zero-order valence-corrected chi connectivity index (χ0v) is 12.7. The van der Waals surface area contributed by atoms with E-state index in [1.807, 2.05) is 0 Å². The Balaban J connectivity index is 2.15. The Bertz CT molecular complexity index is 265. The van der Waals surface area contributed by atoms with Crippen LogP contribution in [0, 0.1) is 5.92 Å². The van der Waals surface area contributed by atoms with Crippen LogP contribution >= 0.6 is 0 Å². The van der Waals surface area contributed by atoms with Crippen molar-refractivity contribution in [2.24, 2.45) is 11.7 Å². The fraction of sp³-hybridized carbons (Fsp3) is 1.00. The molecule has 1 saturated heterocycles. The molecule has 2 fully saturated rings. The molecular formula is C15H31N3. The smallest absolute Gasteiger partial charge is 0.0361 e. The van der Waals surface area contributed by atoms with Crippen molar-refractivity contribution >= 4 is 0 Å². The normalized spacial score (nSPS) is 34.5. The zero-order chi connectivity index (χ0) is 13.3. The Hall–Kier alpha value is -0.120. The summed E-state index contributed by atoms with van der Waals surface area (Å²) in [6, 6.07) is 1.30. The minimum Gasteiger partial charge on any atom is -0.329 e. The van der Waals surface area contributed by atoms with E-state index in [4.69, 9.17) is 5.73 Å². The lowest BCUT2D eigenvalue weighted by Gasteiger charge is -2.52. The van der Waals surface area contributed by atoms with Crippen molar-refractivity contribution in [3.05, 3.63) is 0 Å². The molecule has 0 amide bonds. The van der Waals surface area contributed by atoms with Gasteiger partial charge < -0.3 is 5.73 Å². The van der Waals surface area contributed by atoms with Gasteiger partial charge in [0, 0.05) is 37.3 Å². The van der Waals surface area contributed by atoms with Gasteiger partial charge in [-0.05, 0) is 46.1 Å². The van der Waals surface area contributed by atoms with Crippen molar-refractivity contribution in [1.29, 1.82) is 0 Å². The van der Waals surface area contributed by atoms with Crippen LogP contribution in [0.1, 0.15) is 46.5 Å². The van der Waals surface area contributed by atoms with Crippen molar-refractivity contribution in [1.82, 2.24) is 9.80 Å². The summed E-state index contributed by atoms with van der Waals surface area (Å²) in [4.78, 5) is 5.25. The van der Waals surface area contributed by atoms with Gasteiger partial charge in [0.05, 0.1) is 0 Å². The Morgan fingerprint density at radius 2 is 1.72 bits per heavy atom.